The first-order valence-corrected chi connectivity index (χ1v) is 11.4. The van der Waals surface area contributed by atoms with Crippen LogP contribution in [0.15, 0.2) is 46.9 Å². The number of fused-ring (bicyclic) bond motifs is 1. The fourth-order valence-corrected chi connectivity index (χ4v) is 4.41. The predicted molar refractivity (Wildman–Crippen MR) is 122 cm³/mol. The summed E-state index contributed by atoms with van der Waals surface area (Å²) in [6, 6.07) is 12.5. The number of aryl methyl sites for hydroxylation is 1. The van der Waals surface area contributed by atoms with E-state index in [1.165, 1.54) is 4.90 Å². The number of hydrogen-bond acceptors (Lipinski definition) is 4. The molecule has 32 heavy (non-hydrogen) atoms. The van der Waals surface area contributed by atoms with Gasteiger partial charge in [0.1, 0.15) is 0 Å². The summed E-state index contributed by atoms with van der Waals surface area (Å²) in [5.41, 5.74) is 2.55. The van der Waals surface area contributed by atoms with Crippen molar-refractivity contribution in [2.24, 2.45) is 0 Å². The van der Waals surface area contributed by atoms with Crippen LogP contribution in [0, 0.1) is 6.92 Å². The molecule has 2 aromatic rings. The molecule has 2 aromatic carbocycles. The van der Waals surface area contributed by atoms with E-state index >= 15 is 0 Å². The summed E-state index contributed by atoms with van der Waals surface area (Å²) in [5.74, 6) is -0.670. The minimum Gasteiger partial charge on any atom is -0.339 e. The lowest BCUT2D eigenvalue weighted by atomic mass is 10.1. The summed E-state index contributed by atoms with van der Waals surface area (Å²) in [7, 11) is 0. The zero-order chi connectivity index (χ0) is 22.8. The van der Waals surface area contributed by atoms with Gasteiger partial charge in [-0.1, -0.05) is 33.6 Å². The topological polar surface area (TPSA) is 78.0 Å². The number of rotatable bonds is 5. The standard InChI is InChI=1S/C24H24BrN3O4/c1-16-4-6-17(7-5-16)22(30)27-13-11-26(12-14-27)21(29)3-2-10-28-23(31)19-9-8-18(25)15-20(19)24(28)32/h4-9,15H,2-3,10-14H2,1H3. The number of hydrogen-bond donors (Lipinski definition) is 0. The first-order valence-electron chi connectivity index (χ1n) is 10.6. The van der Waals surface area contributed by atoms with Gasteiger partial charge in [0.25, 0.3) is 17.7 Å². The monoisotopic (exact) mass is 497 g/mol. The number of piperazine rings is 1. The highest BCUT2D eigenvalue weighted by Crippen LogP contribution is 2.26. The Balaban J connectivity index is 1.24. The molecule has 0 atom stereocenters. The van der Waals surface area contributed by atoms with E-state index in [0.29, 0.717) is 49.3 Å². The Hall–Kier alpha value is -3.00. The molecule has 4 amide bonds. The molecule has 4 rings (SSSR count). The van der Waals surface area contributed by atoms with Crippen LogP contribution in [0.1, 0.15) is 49.5 Å². The molecule has 0 aromatic heterocycles. The number of halogens is 1. The molecule has 2 heterocycles. The van der Waals surface area contributed by atoms with Gasteiger partial charge in [0.05, 0.1) is 11.1 Å². The van der Waals surface area contributed by atoms with Gasteiger partial charge in [0, 0.05) is 49.2 Å². The zero-order valence-corrected chi connectivity index (χ0v) is 19.4. The van der Waals surface area contributed by atoms with Gasteiger partial charge in [-0.05, 0) is 43.7 Å². The van der Waals surface area contributed by atoms with Crippen LogP contribution >= 0.6 is 15.9 Å². The number of nitrogens with zero attached hydrogens (tertiary/aromatic N) is 3. The lowest BCUT2D eigenvalue weighted by Gasteiger charge is -2.35. The number of imide groups is 1. The average Bonchev–Trinajstić information content (AvgIpc) is 3.03. The Morgan fingerprint density at radius 3 is 2.19 bits per heavy atom. The minimum absolute atomic E-state index is 0.0191. The molecular formula is C24H24BrN3O4. The van der Waals surface area contributed by atoms with E-state index in [4.69, 9.17) is 0 Å². The number of benzene rings is 2. The van der Waals surface area contributed by atoms with Crippen LogP contribution in [0.5, 0.6) is 0 Å². The summed E-state index contributed by atoms with van der Waals surface area (Å²) < 4.78 is 0.745. The Morgan fingerprint density at radius 1 is 0.875 bits per heavy atom. The third-order valence-electron chi connectivity index (χ3n) is 5.92. The molecule has 1 fully saturated rings. The minimum atomic E-state index is -0.318. The van der Waals surface area contributed by atoms with Crippen LogP contribution in [0.4, 0.5) is 0 Å². The van der Waals surface area contributed by atoms with Crippen LogP contribution in [0.2, 0.25) is 0 Å². The number of carbonyl (C=O) groups is 4. The second kappa shape index (κ2) is 9.24. The smallest absolute Gasteiger partial charge is 0.261 e. The quantitative estimate of drug-likeness (QED) is 0.594. The highest BCUT2D eigenvalue weighted by atomic mass is 79.9. The van der Waals surface area contributed by atoms with Crippen LogP contribution in [0.25, 0.3) is 0 Å². The van der Waals surface area contributed by atoms with Gasteiger partial charge in [0.15, 0.2) is 0 Å². The molecule has 0 spiro atoms. The van der Waals surface area contributed by atoms with Crippen molar-refractivity contribution in [1.82, 2.24) is 14.7 Å². The molecule has 2 aliphatic heterocycles. The second-order valence-electron chi connectivity index (χ2n) is 8.09. The molecule has 0 unspecified atom stereocenters. The van der Waals surface area contributed by atoms with Crippen LogP contribution < -0.4 is 0 Å². The Kier molecular flexibility index (Phi) is 6.41. The molecule has 8 heteroatoms. The SMILES string of the molecule is Cc1ccc(C(=O)N2CCN(C(=O)CCCN3C(=O)c4ccc(Br)cc4C3=O)CC2)cc1. The van der Waals surface area contributed by atoms with Gasteiger partial charge in [0.2, 0.25) is 5.91 Å². The fraction of sp³-hybridized carbons (Fsp3) is 0.333. The van der Waals surface area contributed by atoms with Crippen molar-refractivity contribution < 1.29 is 19.2 Å². The Morgan fingerprint density at radius 2 is 1.50 bits per heavy atom. The van der Waals surface area contributed by atoms with Crippen molar-refractivity contribution in [1.29, 1.82) is 0 Å². The van der Waals surface area contributed by atoms with E-state index in [2.05, 4.69) is 15.9 Å². The van der Waals surface area contributed by atoms with E-state index in [-0.39, 0.29) is 36.6 Å². The van der Waals surface area contributed by atoms with Gasteiger partial charge in [-0.25, -0.2) is 0 Å². The first-order chi connectivity index (χ1) is 15.3. The fourth-order valence-electron chi connectivity index (χ4n) is 4.05. The molecule has 7 nitrogen and oxygen atoms in total. The van der Waals surface area contributed by atoms with Gasteiger partial charge < -0.3 is 9.80 Å². The predicted octanol–water partition coefficient (Wildman–Crippen LogP) is 3.12. The van der Waals surface area contributed by atoms with Gasteiger partial charge in [-0.15, -0.1) is 0 Å². The number of carbonyl (C=O) groups excluding carboxylic acids is 4. The third kappa shape index (κ3) is 4.46. The maximum absolute atomic E-state index is 12.6. The maximum Gasteiger partial charge on any atom is 0.261 e. The molecule has 0 saturated carbocycles. The average molecular weight is 498 g/mol. The molecule has 0 N–H and O–H groups in total. The molecule has 1 saturated heterocycles. The molecule has 2 aliphatic rings. The molecule has 0 radical (unpaired) electrons. The molecular weight excluding hydrogens is 474 g/mol. The summed E-state index contributed by atoms with van der Waals surface area (Å²) in [6.07, 6.45) is 0.664. The summed E-state index contributed by atoms with van der Waals surface area (Å²) in [5, 5.41) is 0. The lowest BCUT2D eigenvalue weighted by molar-refractivity contribution is -0.132. The Labute approximate surface area is 195 Å². The van der Waals surface area contributed by atoms with Crippen molar-refractivity contribution in [3.05, 3.63) is 69.2 Å². The molecule has 0 bridgehead atoms. The van der Waals surface area contributed by atoms with Crippen molar-refractivity contribution in [3.8, 4) is 0 Å². The highest BCUT2D eigenvalue weighted by Gasteiger charge is 2.35. The van der Waals surface area contributed by atoms with E-state index < -0.39 is 0 Å². The van der Waals surface area contributed by atoms with Crippen molar-refractivity contribution >= 4 is 39.6 Å². The van der Waals surface area contributed by atoms with Crippen molar-refractivity contribution in [2.45, 2.75) is 19.8 Å². The van der Waals surface area contributed by atoms with Gasteiger partial charge >= 0.3 is 0 Å². The summed E-state index contributed by atoms with van der Waals surface area (Å²) in [4.78, 5) is 55.0. The van der Waals surface area contributed by atoms with Crippen LogP contribution in [-0.4, -0.2) is 71.1 Å². The third-order valence-corrected chi connectivity index (χ3v) is 6.42. The summed E-state index contributed by atoms with van der Waals surface area (Å²) in [6.45, 7) is 4.14. The highest BCUT2D eigenvalue weighted by molar-refractivity contribution is 9.10. The van der Waals surface area contributed by atoms with Crippen molar-refractivity contribution in [2.75, 3.05) is 32.7 Å². The largest absolute Gasteiger partial charge is 0.339 e. The van der Waals surface area contributed by atoms with E-state index in [9.17, 15) is 19.2 Å². The zero-order valence-electron chi connectivity index (χ0n) is 17.8. The second-order valence-corrected chi connectivity index (χ2v) is 9.01. The van der Waals surface area contributed by atoms with Crippen molar-refractivity contribution in [3.63, 3.8) is 0 Å². The van der Waals surface area contributed by atoms with Gasteiger partial charge in [-0.2, -0.15) is 0 Å². The molecule has 0 aliphatic carbocycles. The number of amides is 4. The van der Waals surface area contributed by atoms with E-state index in [1.54, 1.807) is 28.0 Å². The van der Waals surface area contributed by atoms with Crippen LogP contribution in [0.3, 0.4) is 0 Å². The first kappa shape index (κ1) is 22.2. The summed E-state index contributed by atoms with van der Waals surface area (Å²) >= 11 is 3.32. The maximum atomic E-state index is 12.6. The Bertz CT molecular complexity index is 1080. The van der Waals surface area contributed by atoms with Gasteiger partial charge in [-0.3, -0.25) is 24.1 Å². The lowest BCUT2D eigenvalue weighted by Crippen LogP contribution is -2.50. The normalized spacial score (nSPS) is 15.9. The molecule has 166 valence electrons. The van der Waals surface area contributed by atoms with E-state index in [0.717, 1.165) is 10.0 Å². The van der Waals surface area contributed by atoms with E-state index in [1.807, 2.05) is 31.2 Å². The van der Waals surface area contributed by atoms with Crippen LogP contribution in [-0.2, 0) is 4.79 Å².